The number of hydrogen-bond donors (Lipinski definition) is 4. The van der Waals surface area contributed by atoms with Crippen molar-refractivity contribution >= 4 is 17.9 Å². The summed E-state index contributed by atoms with van der Waals surface area (Å²) >= 11 is 0. The molecule has 1 rings (SSSR count). The molecular weight excluding hydrogens is 264 g/mol. The molecule has 8 nitrogen and oxygen atoms in total. The van der Waals surface area contributed by atoms with Crippen LogP contribution in [0.3, 0.4) is 0 Å². The molecule has 108 valence electrons. The van der Waals surface area contributed by atoms with E-state index in [0.29, 0.717) is 0 Å². The molecule has 20 heavy (non-hydrogen) atoms. The van der Waals surface area contributed by atoms with Crippen LogP contribution in [0.1, 0.15) is 24.9 Å². The third-order valence-electron chi connectivity index (χ3n) is 2.54. The van der Waals surface area contributed by atoms with Crippen molar-refractivity contribution in [2.24, 2.45) is 5.73 Å². The van der Waals surface area contributed by atoms with Crippen molar-refractivity contribution in [1.29, 1.82) is 0 Å². The molecule has 1 heterocycles. The molecule has 0 aliphatic rings. The van der Waals surface area contributed by atoms with Gasteiger partial charge in [0, 0.05) is 12.4 Å². The van der Waals surface area contributed by atoms with E-state index < -0.39 is 30.4 Å². The molecule has 0 aliphatic carbocycles. The van der Waals surface area contributed by atoms with Crippen LogP contribution in [0.2, 0.25) is 0 Å². The number of hydrogen-bond acceptors (Lipinski definition) is 4. The van der Waals surface area contributed by atoms with Gasteiger partial charge in [-0.05, 0) is 18.6 Å². The highest BCUT2D eigenvalue weighted by molar-refractivity contribution is 5.87. The smallest absolute Gasteiger partial charge is 0.326 e. The minimum atomic E-state index is -1.35. The summed E-state index contributed by atoms with van der Waals surface area (Å²) in [5.74, 6) is -2.13. The Balaban J connectivity index is 2.57. The summed E-state index contributed by atoms with van der Waals surface area (Å²) < 4.78 is 0. The Morgan fingerprint density at radius 2 is 2.10 bits per heavy atom. The summed E-state index contributed by atoms with van der Waals surface area (Å²) in [6.45, 7) is 1.72. The molecular formula is C12H16N4O4. The highest BCUT2D eigenvalue weighted by Crippen LogP contribution is 2.09. The fourth-order valence-corrected chi connectivity index (χ4v) is 1.51. The summed E-state index contributed by atoms with van der Waals surface area (Å²) in [5.41, 5.74) is 5.68. The van der Waals surface area contributed by atoms with E-state index in [2.05, 4.69) is 15.6 Å². The van der Waals surface area contributed by atoms with Gasteiger partial charge in [-0.25, -0.2) is 9.59 Å². The summed E-state index contributed by atoms with van der Waals surface area (Å²) in [5, 5.41) is 13.6. The molecule has 5 N–H and O–H groups in total. The molecule has 0 aromatic carbocycles. The van der Waals surface area contributed by atoms with E-state index in [9.17, 15) is 14.4 Å². The quantitative estimate of drug-likeness (QED) is 0.571. The Labute approximate surface area is 115 Å². The van der Waals surface area contributed by atoms with Crippen molar-refractivity contribution in [2.45, 2.75) is 25.4 Å². The molecule has 1 aromatic heterocycles. The second-order valence-electron chi connectivity index (χ2n) is 4.19. The minimum Gasteiger partial charge on any atom is -0.480 e. The number of carboxylic acids is 1. The van der Waals surface area contributed by atoms with Crippen LogP contribution in [-0.4, -0.2) is 34.0 Å². The number of rotatable bonds is 6. The molecule has 0 saturated carbocycles. The Bertz CT molecular complexity index is 491. The average Bonchev–Trinajstić information content (AvgIpc) is 2.38. The molecule has 0 aliphatic heterocycles. The van der Waals surface area contributed by atoms with Gasteiger partial charge in [-0.1, -0.05) is 6.07 Å². The lowest BCUT2D eigenvalue weighted by Crippen LogP contribution is -2.48. The largest absolute Gasteiger partial charge is 0.480 e. The maximum Gasteiger partial charge on any atom is 0.326 e. The number of carboxylic acid groups (broad SMARTS) is 1. The van der Waals surface area contributed by atoms with Gasteiger partial charge in [-0.2, -0.15) is 0 Å². The van der Waals surface area contributed by atoms with Crippen LogP contribution in [0.15, 0.2) is 24.5 Å². The number of nitrogens with two attached hydrogens (primary N) is 1. The van der Waals surface area contributed by atoms with E-state index in [1.165, 1.54) is 0 Å². The molecule has 2 atom stereocenters. The fraction of sp³-hybridized carbons (Fsp3) is 0.333. The SMILES string of the molecule is CC(NC(=O)NC(CC(N)=O)C(=O)O)c1cccnc1. The lowest BCUT2D eigenvalue weighted by atomic mass is 10.1. The molecule has 0 radical (unpaired) electrons. The van der Waals surface area contributed by atoms with E-state index in [1.54, 1.807) is 31.5 Å². The number of amides is 3. The maximum absolute atomic E-state index is 11.7. The summed E-state index contributed by atoms with van der Waals surface area (Å²) in [7, 11) is 0. The predicted molar refractivity (Wildman–Crippen MR) is 69.6 cm³/mol. The molecule has 3 amide bonds. The highest BCUT2D eigenvalue weighted by atomic mass is 16.4. The molecule has 0 fully saturated rings. The number of primary amides is 1. The van der Waals surface area contributed by atoms with E-state index >= 15 is 0 Å². The Morgan fingerprint density at radius 3 is 2.60 bits per heavy atom. The summed E-state index contributed by atoms with van der Waals surface area (Å²) in [6.07, 6.45) is 2.72. The van der Waals surface area contributed by atoms with Crippen LogP contribution in [0.5, 0.6) is 0 Å². The number of urea groups is 1. The third-order valence-corrected chi connectivity index (χ3v) is 2.54. The maximum atomic E-state index is 11.7. The molecule has 2 unspecified atom stereocenters. The topological polar surface area (TPSA) is 134 Å². The van der Waals surface area contributed by atoms with Crippen LogP contribution in [-0.2, 0) is 9.59 Å². The molecule has 0 spiro atoms. The van der Waals surface area contributed by atoms with Gasteiger partial charge in [0.1, 0.15) is 6.04 Å². The van der Waals surface area contributed by atoms with E-state index in [0.717, 1.165) is 5.56 Å². The number of carbonyl (C=O) groups excluding carboxylic acids is 2. The number of nitrogens with one attached hydrogen (secondary N) is 2. The monoisotopic (exact) mass is 280 g/mol. The number of pyridine rings is 1. The highest BCUT2D eigenvalue weighted by Gasteiger charge is 2.22. The van der Waals surface area contributed by atoms with Crippen LogP contribution in [0.25, 0.3) is 0 Å². The average molecular weight is 280 g/mol. The van der Waals surface area contributed by atoms with Crippen molar-refractivity contribution in [3.63, 3.8) is 0 Å². The van der Waals surface area contributed by atoms with Crippen molar-refractivity contribution < 1.29 is 19.5 Å². The van der Waals surface area contributed by atoms with Crippen molar-refractivity contribution in [2.75, 3.05) is 0 Å². The number of aliphatic carboxylic acids is 1. The first-order valence-corrected chi connectivity index (χ1v) is 5.88. The van der Waals surface area contributed by atoms with E-state index in [4.69, 9.17) is 10.8 Å². The van der Waals surface area contributed by atoms with Gasteiger partial charge in [0.2, 0.25) is 5.91 Å². The minimum absolute atomic E-state index is 0.355. The standard InChI is InChI=1S/C12H16N4O4/c1-7(8-3-2-4-14-6-8)15-12(20)16-9(11(18)19)5-10(13)17/h2-4,6-7,9H,5H2,1H3,(H2,13,17)(H,18,19)(H2,15,16,20). The second-order valence-corrected chi connectivity index (χ2v) is 4.19. The lowest BCUT2D eigenvalue weighted by Gasteiger charge is -2.17. The summed E-state index contributed by atoms with van der Waals surface area (Å²) in [4.78, 5) is 37.2. The van der Waals surface area contributed by atoms with Gasteiger partial charge in [0.15, 0.2) is 0 Å². The molecule has 1 aromatic rings. The van der Waals surface area contributed by atoms with Crippen LogP contribution < -0.4 is 16.4 Å². The fourth-order valence-electron chi connectivity index (χ4n) is 1.51. The van der Waals surface area contributed by atoms with Crippen LogP contribution in [0, 0.1) is 0 Å². The van der Waals surface area contributed by atoms with Crippen molar-refractivity contribution in [3.8, 4) is 0 Å². The third kappa shape index (κ3) is 4.92. The van der Waals surface area contributed by atoms with Crippen molar-refractivity contribution in [1.82, 2.24) is 15.6 Å². The Hall–Kier alpha value is -2.64. The Kier molecular flexibility index (Phi) is 5.45. The molecule has 0 bridgehead atoms. The lowest BCUT2D eigenvalue weighted by molar-refractivity contribution is -0.140. The first-order valence-electron chi connectivity index (χ1n) is 5.88. The zero-order chi connectivity index (χ0) is 15.1. The van der Waals surface area contributed by atoms with Gasteiger partial charge in [0.25, 0.3) is 0 Å². The van der Waals surface area contributed by atoms with Crippen molar-refractivity contribution in [3.05, 3.63) is 30.1 Å². The van der Waals surface area contributed by atoms with E-state index in [1.807, 2.05) is 0 Å². The predicted octanol–water partition coefficient (Wildman–Crippen LogP) is -0.230. The van der Waals surface area contributed by atoms with Gasteiger partial charge in [0.05, 0.1) is 12.5 Å². The zero-order valence-electron chi connectivity index (χ0n) is 10.9. The number of carbonyl (C=O) groups is 3. The normalized spacial score (nSPS) is 13.1. The molecule has 8 heteroatoms. The molecule has 0 saturated heterocycles. The first-order chi connectivity index (χ1) is 9.40. The van der Waals surface area contributed by atoms with Gasteiger partial charge >= 0.3 is 12.0 Å². The van der Waals surface area contributed by atoms with Gasteiger partial charge < -0.3 is 21.5 Å². The number of nitrogens with zero attached hydrogens (tertiary/aromatic N) is 1. The summed E-state index contributed by atoms with van der Waals surface area (Å²) in [6, 6.07) is 1.09. The second kappa shape index (κ2) is 7.07. The Morgan fingerprint density at radius 1 is 1.40 bits per heavy atom. The van der Waals surface area contributed by atoms with Crippen LogP contribution in [0.4, 0.5) is 4.79 Å². The van der Waals surface area contributed by atoms with Gasteiger partial charge in [-0.3, -0.25) is 9.78 Å². The zero-order valence-corrected chi connectivity index (χ0v) is 10.9. The first kappa shape index (κ1) is 15.4. The number of aromatic nitrogens is 1. The van der Waals surface area contributed by atoms with Crippen LogP contribution >= 0.6 is 0 Å². The van der Waals surface area contributed by atoms with Gasteiger partial charge in [-0.15, -0.1) is 0 Å². The van der Waals surface area contributed by atoms with E-state index in [-0.39, 0.29) is 6.04 Å².